The molecule has 0 saturated heterocycles. The molecule has 0 saturated carbocycles. The van der Waals surface area contributed by atoms with Crippen LogP contribution in [0.15, 0.2) is 54.6 Å². The summed E-state index contributed by atoms with van der Waals surface area (Å²) in [6.07, 6.45) is 1.52. The minimum Gasteiger partial charge on any atom is -0.368 e. The summed E-state index contributed by atoms with van der Waals surface area (Å²) < 4.78 is 13.2. The molecule has 0 fully saturated rings. The van der Waals surface area contributed by atoms with Crippen molar-refractivity contribution in [3.8, 4) is 0 Å². The highest BCUT2D eigenvalue weighted by Crippen LogP contribution is 2.21. The van der Waals surface area contributed by atoms with Crippen molar-refractivity contribution in [2.24, 2.45) is 0 Å². The van der Waals surface area contributed by atoms with Crippen LogP contribution in [-0.2, 0) is 6.42 Å². The summed E-state index contributed by atoms with van der Waals surface area (Å²) in [6, 6.07) is 16.7. The molecule has 6 nitrogen and oxygen atoms in total. The van der Waals surface area contributed by atoms with Crippen LogP contribution in [-0.4, -0.2) is 21.5 Å². The van der Waals surface area contributed by atoms with Crippen LogP contribution in [0, 0.1) is 5.82 Å². The minimum absolute atomic E-state index is 0.0770. The van der Waals surface area contributed by atoms with Gasteiger partial charge in [-0.15, -0.1) is 0 Å². The molecule has 0 aliphatic carbocycles. The quantitative estimate of drug-likeness (QED) is 0.562. The van der Waals surface area contributed by atoms with Crippen molar-refractivity contribution < 1.29 is 4.39 Å². The van der Waals surface area contributed by atoms with E-state index in [0.717, 1.165) is 17.5 Å². The second kappa shape index (κ2) is 8.93. The van der Waals surface area contributed by atoms with Crippen molar-refractivity contribution in [3.05, 3.63) is 71.5 Å². The number of anilines is 3. The molecule has 0 radical (unpaired) electrons. The van der Waals surface area contributed by atoms with Crippen molar-refractivity contribution >= 4 is 17.8 Å². The third-order valence-corrected chi connectivity index (χ3v) is 4.15. The monoisotopic (exact) mass is 366 g/mol. The van der Waals surface area contributed by atoms with Crippen LogP contribution in [0.3, 0.4) is 0 Å². The van der Waals surface area contributed by atoms with Crippen LogP contribution < -0.4 is 16.4 Å². The Morgan fingerprint density at radius 1 is 1.00 bits per heavy atom. The first kappa shape index (κ1) is 18.6. The normalized spacial score (nSPS) is 11.8. The van der Waals surface area contributed by atoms with Gasteiger partial charge in [0, 0.05) is 6.54 Å². The van der Waals surface area contributed by atoms with Gasteiger partial charge in [0.1, 0.15) is 5.82 Å². The van der Waals surface area contributed by atoms with Crippen LogP contribution in [0.4, 0.5) is 22.2 Å². The molecule has 1 atom stereocenters. The minimum atomic E-state index is -0.241. The van der Waals surface area contributed by atoms with E-state index in [0.29, 0.717) is 24.9 Å². The molecule has 0 bridgehead atoms. The van der Waals surface area contributed by atoms with Crippen LogP contribution in [0.25, 0.3) is 0 Å². The van der Waals surface area contributed by atoms with E-state index in [1.54, 1.807) is 6.07 Å². The first-order chi connectivity index (χ1) is 13.1. The molecule has 3 aromatic rings. The van der Waals surface area contributed by atoms with Gasteiger partial charge in [0.05, 0.1) is 6.04 Å². The Morgan fingerprint density at radius 3 is 2.52 bits per heavy atom. The van der Waals surface area contributed by atoms with Gasteiger partial charge in [-0.3, -0.25) is 0 Å². The third-order valence-electron chi connectivity index (χ3n) is 4.15. The molecule has 4 N–H and O–H groups in total. The maximum absolute atomic E-state index is 13.2. The third kappa shape index (κ3) is 5.37. The SMILES string of the molecule is CC[C@H](Nc1nc(N)nc(NCCc2cccc(F)c2)n1)c1ccccc1. The number of hydrogen-bond acceptors (Lipinski definition) is 6. The highest BCUT2D eigenvalue weighted by atomic mass is 19.1. The van der Waals surface area contributed by atoms with E-state index in [1.807, 2.05) is 24.3 Å². The number of nitrogens with zero attached hydrogens (tertiary/aromatic N) is 3. The van der Waals surface area contributed by atoms with Gasteiger partial charge in [0.15, 0.2) is 0 Å². The lowest BCUT2D eigenvalue weighted by atomic mass is 10.1. The molecule has 1 heterocycles. The zero-order chi connectivity index (χ0) is 19.1. The van der Waals surface area contributed by atoms with Crippen LogP contribution >= 0.6 is 0 Å². The number of aromatic nitrogens is 3. The maximum Gasteiger partial charge on any atom is 0.229 e. The molecule has 3 rings (SSSR count). The lowest BCUT2D eigenvalue weighted by Gasteiger charge is -2.18. The summed E-state index contributed by atoms with van der Waals surface area (Å²) in [6.45, 7) is 2.65. The lowest BCUT2D eigenvalue weighted by Crippen LogP contribution is -2.16. The van der Waals surface area contributed by atoms with Gasteiger partial charge < -0.3 is 16.4 Å². The highest BCUT2D eigenvalue weighted by molar-refractivity contribution is 5.42. The summed E-state index contributed by atoms with van der Waals surface area (Å²) >= 11 is 0. The Bertz CT molecular complexity index is 871. The largest absolute Gasteiger partial charge is 0.368 e. The van der Waals surface area contributed by atoms with Gasteiger partial charge >= 0.3 is 0 Å². The zero-order valence-corrected chi connectivity index (χ0v) is 15.2. The number of benzene rings is 2. The van der Waals surface area contributed by atoms with Gasteiger partial charge in [0.25, 0.3) is 0 Å². The van der Waals surface area contributed by atoms with E-state index in [4.69, 9.17) is 5.73 Å². The average Bonchev–Trinajstić information content (AvgIpc) is 2.66. The Kier molecular flexibility index (Phi) is 6.14. The van der Waals surface area contributed by atoms with E-state index in [2.05, 4.69) is 44.6 Å². The Balaban J connectivity index is 1.65. The van der Waals surface area contributed by atoms with Gasteiger partial charge in [-0.1, -0.05) is 49.4 Å². The second-order valence-corrected chi connectivity index (χ2v) is 6.16. The smallest absolute Gasteiger partial charge is 0.229 e. The zero-order valence-electron chi connectivity index (χ0n) is 15.2. The van der Waals surface area contributed by atoms with Crippen molar-refractivity contribution in [1.82, 2.24) is 15.0 Å². The van der Waals surface area contributed by atoms with E-state index in [1.165, 1.54) is 12.1 Å². The molecule has 27 heavy (non-hydrogen) atoms. The van der Waals surface area contributed by atoms with E-state index in [-0.39, 0.29) is 17.8 Å². The number of nitrogens with one attached hydrogen (secondary N) is 2. The fraction of sp³-hybridized carbons (Fsp3) is 0.250. The Hall–Kier alpha value is -3.22. The average molecular weight is 366 g/mol. The number of nitrogen functional groups attached to an aromatic ring is 1. The van der Waals surface area contributed by atoms with Crippen LogP contribution in [0.2, 0.25) is 0 Å². The van der Waals surface area contributed by atoms with Crippen LogP contribution in [0.5, 0.6) is 0 Å². The predicted molar refractivity (Wildman–Crippen MR) is 106 cm³/mol. The summed E-state index contributed by atoms with van der Waals surface area (Å²) in [5, 5.41) is 6.43. The van der Waals surface area contributed by atoms with Crippen molar-refractivity contribution in [2.45, 2.75) is 25.8 Å². The van der Waals surface area contributed by atoms with Crippen molar-refractivity contribution in [1.29, 1.82) is 0 Å². The lowest BCUT2D eigenvalue weighted by molar-refractivity contribution is 0.625. The summed E-state index contributed by atoms with van der Waals surface area (Å²) in [5.41, 5.74) is 7.88. The second-order valence-electron chi connectivity index (χ2n) is 6.16. The number of nitrogens with two attached hydrogens (primary N) is 1. The van der Waals surface area contributed by atoms with E-state index in [9.17, 15) is 4.39 Å². The molecule has 140 valence electrons. The van der Waals surface area contributed by atoms with E-state index >= 15 is 0 Å². The molecule has 0 spiro atoms. The molecule has 1 aromatic heterocycles. The predicted octanol–water partition coefficient (Wildman–Crippen LogP) is 3.81. The first-order valence-corrected chi connectivity index (χ1v) is 8.95. The standard InChI is InChI=1S/C20H23FN6/c1-2-17(15-8-4-3-5-9-15)24-20-26-18(22)25-19(27-20)23-12-11-14-7-6-10-16(21)13-14/h3-10,13,17H,2,11-12H2,1H3,(H4,22,23,24,25,26,27)/t17-/m0/s1. The molecule has 2 aromatic carbocycles. The van der Waals surface area contributed by atoms with Gasteiger partial charge in [0.2, 0.25) is 17.8 Å². The summed E-state index contributed by atoms with van der Waals surface area (Å²) in [4.78, 5) is 12.7. The topological polar surface area (TPSA) is 88.8 Å². The molecule has 7 heteroatoms. The highest BCUT2D eigenvalue weighted by Gasteiger charge is 2.12. The summed E-state index contributed by atoms with van der Waals surface area (Å²) in [5.74, 6) is 0.717. The van der Waals surface area contributed by atoms with Gasteiger partial charge in [-0.25, -0.2) is 4.39 Å². The number of hydrogen-bond donors (Lipinski definition) is 3. The fourth-order valence-corrected chi connectivity index (χ4v) is 2.81. The number of rotatable bonds is 8. The first-order valence-electron chi connectivity index (χ1n) is 8.95. The molecular weight excluding hydrogens is 343 g/mol. The Morgan fingerprint density at radius 2 is 1.78 bits per heavy atom. The molecule has 0 aliphatic heterocycles. The van der Waals surface area contributed by atoms with Crippen LogP contribution in [0.1, 0.15) is 30.5 Å². The molecule has 0 unspecified atom stereocenters. The summed E-state index contributed by atoms with van der Waals surface area (Å²) in [7, 11) is 0. The Labute approximate surface area is 158 Å². The van der Waals surface area contributed by atoms with E-state index < -0.39 is 0 Å². The number of halogens is 1. The molecule has 0 amide bonds. The van der Waals surface area contributed by atoms with Gasteiger partial charge in [-0.2, -0.15) is 15.0 Å². The molecule has 0 aliphatic rings. The maximum atomic E-state index is 13.2. The molecular formula is C20H23FN6. The fourth-order valence-electron chi connectivity index (χ4n) is 2.81. The van der Waals surface area contributed by atoms with Crippen molar-refractivity contribution in [2.75, 3.05) is 22.9 Å². The van der Waals surface area contributed by atoms with Crippen molar-refractivity contribution in [3.63, 3.8) is 0 Å². The van der Waals surface area contributed by atoms with Gasteiger partial charge in [-0.05, 0) is 36.1 Å².